The van der Waals surface area contributed by atoms with Gasteiger partial charge in [0.2, 0.25) is 5.76 Å². The monoisotopic (exact) mass is 385 g/mol. The van der Waals surface area contributed by atoms with E-state index in [-0.39, 0.29) is 16.7 Å². The van der Waals surface area contributed by atoms with E-state index in [0.29, 0.717) is 10.7 Å². The Morgan fingerprint density at radius 2 is 1.81 bits per heavy atom. The third-order valence-electron chi connectivity index (χ3n) is 3.97. The third-order valence-corrected chi connectivity index (χ3v) is 4.21. The van der Waals surface area contributed by atoms with Gasteiger partial charge >= 0.3 is 5.97 Å². The summed E-state index contributed by atoms with van der Waals surface area (Å²) in [5.41, 5.74) is 2.25. The van der Waals surface area contributed by atoms with Gasteiger partial charge in [0.05, 0.1) is 5.39 Å². The van der Waals surface area contributed by atoms with Crippen LogP contribution in [0.15, 0.2) is 51.7 Å². The molecule has 0 fully saturated rings. The van der Waals surface area contributed by atoms with Gasteiger partial charge in [-0.05, 0) is 43.2 Å². The first kappa shape index (κ1) is 18.7. The van der Waals surface area contributed by atoms with Crippen LogP contribution < -0.4 is 10.7 Å². The van der Waals surface area contributed by atoms with Crippen LogP contribution in [0.1, 0.15) is 21.7 Å². The minimum Gasteiger partial charge on any atom is -0.450 e. The first-order chi connectivity index (χ1) is 12.8. The number of ether oxygens (including phenoxy) is 1. The molecule has 0 aliphatic carbocycles. The maximum atomic E-state index is 12.1. The second-order valence-corrected chi connectivity index (χ2v) is 6.44. The van der Waals surface area contributed by atoms with Gasteiger partial charge in [-0.3, -0.25) is 9.59 Å². The van der Waals surface area contributed by atoms with Crippen molar-refractivity contribution in [3.8, 4) is 0 Å². The molecular weight excluding hydrogens is 370 g/mol. The fraction of sp³-hybridized carbons (Fsp3) is 0.150. The number of carbonyl (C=O) groups is 2. The molecule has 0 aliphatic heterocycles. The van der Waals surface area contributed by atoms with Crippen molar-refractivity contribution in [3.05, 3.63) is 74.6 Å². The van der Waals surface area contributed by atoms with Crippen LogP contribution in [0.2, 0.25) is 5.02 Å². The number of fused-ring (bicyclic) bond motifs is 1. The minimum absolute atomic E-state index is 0.207. The summed E-state index contributed by atoms with van der Waals surface area (Å²) in [6, 6.07) is 11.1. The molecule has 0 unspecified atom stereocenters. The SMILES string of the molecule is Cc1cccc(C)c1NC(=O)COC(=O)c1cc(=O)c2cc(Cl)ccc2o1. The van der Waals surface area contributed by atoms with E-state index in [1.54, 1.807) is 6.07 Å². The molecule has 138 valence electrons. The Kier molecular flexibility index (Phi) is 5.28. The molecule has 1 amide bonds. The largest absolute Gasteiger partial charge is 0.450 e. The van der Waals surface area contributed by atoms with Crippen molar-refractivity contribution in [3.63, 3.8) is 0 Å². The molecule has 0 atom stereocenters. The number of halogens is 1. The lowest BCUT2D eigenvalue weighted by molar-refractivity contribution is -0.119. The summed E-state index contributed by atoms with van der Waals surface area (Å²) in [5, 5.41) is 3.35. The Bertz CT molecular complexity index is 1080. The molecule has 6 nitrogen and oxygen atoms in total. The summed E-state index contributed by atoms with van der Waals surface area (Å²) in [6.07, 6.45) is 0. The Morgan fingerprint density at radius 1 is 1.11 bits per heavy atom. The predicted molar refractivity (Wildman–Crippen MR) is 102 cm³/mol. The van der Waals surface area contributed by atoms with Crippen LogP contribution in [0, 0.1) is 13.8 Å². The average Bonchev–Trinajstić information content (AvgIpc) is 2.63. The van der Waals surface area contributed by atoms with Gasteiger partial charge in [0.15, 0.2) is 12.0 Å². The number of hydrogen-bond donors (Lipinski definition) is 1. The molecule has 7 heteroatoms. The lowest BCUT2D eigenvalue weighted by atomic mass is 10.1. The third kappa shape index (κ3) is 4.17. The molecule has 0 spiro atoms. The second kappa shape index (κ2) is 7.63. The van der Waals surface area contributed by atoms with E-state index >= 15 is 0 Å². The van der Waals surface area contributed by atoms with Gasteiger partial charge in [0, 0.05) is 16.8 Å². The van der Waals surface area contributed by atoms with Crippen LogP contribution in [-0.4, -0.2) is 18.5 Å². The first-order valence-electron chi connectivity index (χ1n) is 8.12. The molecule has 0 aliphatic rings. The Labute approximate surface area is 159 Å². The zero-order chi connectivity index (χ0) is 19.6. The molecule has 3 rings (SSSR count). The average molecular weight is 386 g/mol. The highest BCUT2D eigenvalue weighted by molar-refractivity contribution is 6.31. The fourth-order valence-corrected chi connectivity index (χ4v) is 2.79. The van der Waals surface area contributed by atoms with Crippen LogP contribution in [0.25, 0.3) is 11.0 Å². The number of aryl methyl sites for hydroxylation is 2. The molecule has 0 radical (unpaired) electrons. The summed E-state index contributed by atoms with van der Waals surface area (Å²) in [6.45, 7) is 3.23. The maximum absolute atomic E-state index is 12.1. The normalized spacial score (nSPS) is 10.6. The van der Waals surface area contributed by atoms with E-state index in [2.05, 4.69) is 5.32 Å². The van der Waals surface area contributed by atoms with Crippen molar-refractivity contribution in [2.75, 3.05) is 11.9 Å². The molecule has 0 saturated carbocycles. The fourth-order valence-electron chi connectivity index (χ4n) is 2.62. The van der Waals surface area contributed by atoms with Gasteiger partial charge in [0.25, 0.3) is 5.91 Å². The predicted octanol–water partition coefficient (Wildman–Crippen LogP) is 3.86. The number of benzene rings is 2. The highest BCUT2D eigenvalue weighted by atomic mass is 35.5. The summed E-state index contributed by atoms with van der Waals surface area (Å²) in [5.74, 6) is -1.68. The van der Waals surface area contributed by atoms with Crippen LogP contribution >= 0.6 is 11.6 Å². The molecule has 3 aromatic rings. The van der Waals surface area contributed by atoms with Gasteiger partial charge in [-0.25, -0.2) is 4.79 Å². The summed E-state index contributed by atoms with van der Waals surface area (Å²) in [4.78, 5) is 36.3. The minimum atomic E-state index is -0.902. The Balaban J connectivity index is 1.71. The number of anilines is 1. The van der Waals surface area contributed by atoms with Gasteiger partial charge < -0.3 is 14.5 Å². The lowest BCUT2D eigenvalue weighted by Crippen LogP contribution is -2.22. The van der Waals surface area contributed by atoms with Gasteiger partial charge in [0.1, 0.15) is 5.58 Å². The molecule has 0 bridgehead atoms. The maximum Gasteiger partial charge on any atom is 0.374 e. The number of rotatable bonds is 4. The molecule has 1 heterocycles. The molecule has 27 heavy (non-hydrogen) atoms. The van der Waals surface area contributed by atoms with E-state index in [1.165, 1.54) is 12.1 Å². The van der Waals surface area contributed by atoms with E-state index in [0.717, 1.165) is 17.2 Å². The Hall–Kier alpha value is -3.12. The standard InChI is InChI=1S/C20H16ClNO5/c1-11-4-3-5-12(2)19(11)22-18(24)10-26-20(25)17-9-15(23)14-8-13(21)6-7-16(14)27-17/h3-9H,10H2,1-2H3,(H,22,24). The number of carbonyl (C=O) groups excluding carboxylic acids is 2. The topological polar surface area (TPSA) is 85.6 Å². The number of esters is 1. The van der Waals surface area contributed by atoms with Crippen molar-refractivity contribution >= 4 is 40.1 Å². The highest BCUT2D eigenvalue weighted by Crippen LogP contribution is 2.20. The molecule has 2 aromatic carbocycles. The lowest BCUT2D eigenvalue weighted by Gasteiger charge is -2.11. The van der Waals surface area contributed by atoms with Gasteiger partial charge in [-0.1, -0.05) is 29.8 Å². The van der Waals surface area contributed by atoms with Crippen LogP contribution in [0.3, 0.4) is 0 Å². The highest BCUT2D eigenvalue weighted by Gasteiger charge is 2.16. The summed E-state index contributed by atoms with van der Waals surface area (Å²) in [7, 11) is 0. The molecule has 1 aromatic heterocycles. The first-order valence-corrected chi connectivity index (χ1v) is 8.49. The molecule has 0 saturated heterocycles. The van der Waals surface area contributed by atoms with E-state index in [1.807, 2.05) is 32.0 Å². The van der Waals surface area contributed by atoms with Crippen molar-refractivity contribution in [2.24, 2.45) is 0 Å². The van der Waals surface area contributed by atoms with E-state index in [9.17, 15) is 14.4 Å². The van der Waals surface area contributed by atoms with Crippen molar-refractivity contribution < 1.29 is 18.7 Å². The van der Waals surface area contributed by atoms with E-state index in [4.69, 9.17) is 20.8 Å². The zero-order valence-corrected chi connectivity index (χ0v) is 15.4. The number of hydrogen-bond acceptors (Lipinski definition) is 5. The number of para-hydroxylation sites is 1. The van der Waals surface area contributed by atoms with Gasteiger partial charge in [-0.15, -0.1) is 0 Å². The molecular formula is C20H16ClNO5. The van der Waals surface area contributed by atoms with Crippen molar-refractivity contribution in [1.29, 1.82) is 0 Å². The van der Waals surface area contributed by atoms with E-state index < -0.39 is 23.9 Å². The van der Waals surface area contributed by atoms with Crippen molar-refractivity contribution in [1.82, 2.24) is 0 Å². The quantitative estimate of drug-likeness (QED) is 0.689. The van der Waals surface area contributed by atoms with Crippen molar-refractivity contribution in [2.45, 2.75) is 13.8 Å². The zero-order valence-electron chi connectivity index (χ0n) is 14.7. The summed E-state index contributed by atoms with van der Waals surface area (Å²) >= 11 is 5.85. The summed E-state index contributed by atoms with van der Waals surface area (Å²) < 4.78 is 10.3. The van der Waals surface area contributed by atoms with Gasteiger partial charge in [-0.2, -0.15) is 0 Å². The van der Waals surface area contributed by atoms with Crippen LogP contribution in [-0.2, 0) is 9.53 Å². The smallest absolute Gasteiger partial charge is 0.374 e. The van der Waals surface area contributed by atoms with Crippen LogP contribution in [0.4, 0.5) is 5.69 Å². The molecule has 1 N–H and O–H groups in total. The number of nitrogens with one attached hydrogen (secondary N) is 1. The second-order valence-electron chi connectivity index (χ2n) is 6.01. The Morgan fingerprint density at radius 3 is 2.52 bits per heavy atom. The number of amides is 1. The van der Waals surface area contributed by atoms with Crippen LogP contribution in [0.5, 0.6) is 0 Å².